The third kappa shape index (κ3) is 5.74. The van der Waals surface area contributed by atoms with E-state index in [0.29, 0.717) is 24.5 Å². The molecule has 10 heteroatoms. The van der Waals surface area contributed by atoms with Gasteiger partial charge >= 0.3 is 6.03 Å². The summed E-state index contributed by atoms with van der Waals surface area (Å²) in [5.74, 6) is 0.484. The lowest BCUT2D eigenvalue weighted by atomic mass is 10.0. The first-order chi connectivity index (χ1) is 16.9. The van der Waals surface area contributed by atoms with E-state index in [1.165, 1.54) is 0 Å². The molecule has 0 bridgehead atoms. The zero-order valence-electron chi connectivity index (χ0n) is 19.9. The van der Waals surface area contributed by atoms with Gasteiger partial charge in [0.1, 0.15) is 12.2 Å². The number of rotatable bonds is 7. The van der Waals surface area contributed by atoms with Crippen molar-refractivity contribution in [2.75, 3.05) is 32.1 Å². The van der Waals surface area contributed by atoms with Crippen LogP contribution in [0.2, 0.25) is 5.02 Å². The van der Waals surface area contributed by atoms with Gasteiger partial charge in [-0.3, -0.25) is 9.59 Å². The average Bonchev–Trinajstić information content (AvgIpc) is 2.83. The summed E-state index contributed by atoms with van der Waals surface area (Å²) in [4.78, 5) is 43.4. The van der Waals surface area contributed by atoms with E-state index in [1.807, 2.05) is 54.8 Å². The number of thioether (sulfide) groups is 1. The topological polar surface area (TPSA) is 76.2 Å². The number of likely N-dealkylation sites (N-methyl/N-ethyl adjacent to an activating group) is 1. The Kier molecular flexibility index (Phi) is 8.20. The number of halogens is 1. The first-order valence-corrected chi connectivity index (χ1v) is 13.3. The van der Waals surface area contributed by atoms with Crippen molar-refractivity contribution in [2.24, 2.45) is 0 Å². The van der Waals surface area contributed by atoms with E-state index in [0.717, 1.165) is 16.9 Å². The van der Waals surface area contributed by atoms with Crippen molar-refractivity contribution >= 4 is 41.2 Å². The normalized spacial score (nSPS) is 20.7. The molecular formula is C25H30ClN5O3S. The number of nitrogens with zero attached hydrogens (tertiary/aromatic N) is 4. The highest BCUT2D eigenvalue weighted by Gasteiger charge is 2.50. The van der Waals surface area contributed by atoms with E-state index >= 15 is 0 Å². The van der Waals surface area contributed by atoms with Gasteiger partial charge in [0, 0.05) is 25.2 Å². The Balaban J connectivity index is 1.60. The van der Waals surface area contributed by atoms with E-state index in [1.54, 1.807) is 44.7 Å². The molecule has 2 unspecified atom stereocenters. The van der Waals surface area contributed by atoms with Crippen molar-refractivity contribution in [3.8, 4) is 0 Å². The first kappa shape index (κ1) is 25.3. The number of amides is 4. The largest absolute Gasteiger partial charge is 0.334 e. The molecule has 4 rings (SSSR count). The van der Waals surface area contributed by atoms with Crippen LogP contribution >= 0.6 is 23.4 Å². The third-order valence-corrected chi connectivity index (χ3v) is 7.17. The maximum Gasteiger partial charge on any atom is 0.334 e. The van der Waals surface area contributed by atoms with Crippen LogP contribution in [0.3, 0.4) is 0 Å². The van der Waals surface area contributed by atoms with Gasteiger partial charge in [-0.25, -0.2) is 14.8 Å². The van der Waals surface area contributed by atoms with E-state index in [-0.39, 0.29) is 30.9 Å². The molecule has 2 aromatic carbocycles. The zero-order chi connectivity index (χ0) is 24.9. The highest BCUT2D eigenvalue weighted by molar-refractivity contribution is 7.98. The average molecular weight is 516 g/mol. The number of nitrogens with one attached hydrogen (secondary N) is 1. The second kappa shape index (κ2) is 11.3. The Labute approximate surface area is 215 Å². The van der Waals surface area contributed by atoms with Crippen LogP contribution in [0.5, 0.6) is 0 Å². The predicted octanol–water partition coefficient (Wildman–Crippen LogP) is 3.03. The fourth-order valence-electron chi connectivity index (χ4n) is 4.66. The zero-order valence-corrected chi connectivity index (χ0v) is 21.5. The minimum absolute atomic E-state index is 0.0343. The van der Waals surface area contributed by atoms with Gasteiger partial charge in [0.25, 0.3) is 0 Å². The number of benzene rings is 2. The van der Waals surface area contributed by atoms with Gasteiger partial charge < -0.3 is 15.1 Å². The van der Waals surface area contributed by atoms with Crippen molar-refractivity contribution in [3.63, 3.8) is 0 Å². The Morgan fingerprint density at radius 3 is 2.57 bits per heavy atom. The molecule has 0 spiro atoms. The molecule has 1 N–H and O–H groups in total. The van der Waals surface area contributed by atoms with Crippen LogP contribution < -0.4 is 5.32 Å². The molecule has 0 aliphatic carbocycles. The van der Waals surface area contributed by atoms with Gasteiger partial charge in [-0.2, -0.15) is 11.8 Å². The summed E-state index contributed by atoms with van der Waals surface area (Å²) in [6.45, 7) is 0.977. The van der Waals surface area contributed by atoms with E-state index in [4.69, 9.17) is 11.6 Å². The number of carbonyl (C=O) groups is 3. The molecule has 2 atom stereocenters. The summed E-state index contributed by atoms with van der Waals surface area (Å²) in [5, 5.41) is 6.79. The summed E-state index contributed by atoms with van der Waals surface area (Å²) in [6.07, 6.45) is 1.90. The number of piperazine rings is 1. The Morgan fingerprint density at radius 1 is 1.11 bits per heavy atom. The first-order valence-electron chi connectivity index (χ1n) is 11.5. The van der Waals surface area contributed by atoms with Crippen LogP contribution in [-0.4, -0.2) is 82.0 Å². The third-order valence-electron chi connectivity index (χ3n) is 6.29. The fourth-order valence-corrected chi connectivity index (χ4v) is 5.34. The minimum atomic E-state index is -0.619. The number of hydrogen-bond donors (Lipinski definition) is 1. The van der Waals surface area contributed by atoms with E-state index in [2.05, 4.69) is 5.32 Å². The summed E-state index contributed by atoms with van der Waals surface area (Å²) in [5.41, 5.74) is 1.88. The monoisotopic (exact) mass is 515 g/mol. The Bertz CT molecular complexity index is 1070. The molecule has 2 saturated heterocycles. The van der Waals surface area contributed by atoms with Crippen molar-refractivity contribution in [1.29, 1.82) is 0 Å². The number of fused-ring (bicyclic) bond motifs is 1. The predicted molar refractivity (Wildman–Crippen MR) is 137 cm³/mol. The van der Waals surface area contributed by atoms with Crippen LogP contribution in [0.4, 0.5) is 4.79 Å². The molecule has 2 aromatic rings. The van der Waals surface area contributed by atoms with Gasteiger partial charge in [-0.05, 0) is 41.7 Å². The molecule has 2 aliphatic rings. The molecule has 35 heavy (non-hydrogen) atoms. The summed E-state index contributed by atoms with van der Waals surface area (Å²) in [6, 6.07) is 16.1. The van der Waals surface area contributed by atoms with Crippen molar-refractivity contribution < 1.29 is 14.4 Å². The van der Waals surface area contributed by atoms with Gasteiger partial charge in [0.05, 0.1) is 13.1 Å². The number of carbonyl (C=O) groups excluding carboxylic acids is 3. The van der Waals surface area contributed by atoms with Crippen molar-refractivity contribution in [3.05, 3.63) is 70.7 Å². The molecule has 8 nitrogen and oxygen atoms in total. The van der Waals surface area contributed by atoms with Crippen molar-refractivity contribution in [1.82, 2.24) is 25.1 Å². The molecule has 2 heterocycles. The second-order valence-electron chi connectivity index (χ2n) is 8.73. The van der Waals surface area contributed by atoms with Crippen LogP contribution in [0.25, 0.3) is 0 Å². The Morgan fingerprint density at radius 2 is 1.86 bits per heavy atom. The van der Waals surface area contributed by atoms with Crippen LogP contribution in [0.1, 0.15) is 17.5 Å². The highest BCUT2D eigenvalue weighted by Crippen LogP contribution is 2.29. The second-order valence-corrected chi connectivity index (χ2v) is 10.2. The molecule has 0 radical (unpaired) electrons. The number of hydrogen-bond acceptors (Lipinski definition) is 5. The number of urea groups is 1. The fraction of sp³-hybridized carbons (Fsp3) is 0.400. The smallest absolute Gasteiger partial charge is 0.333 e. The lowest BCUT2D eigenvalue weighted by Crippen LogP contribution is -2.75. The van der Waals surface area contributed by atoms with Gasteiger partial charge in [-0.1, -0.05) is 54.1 Å². The van der Waals surface area contributed by atoms with Gasteiger partial charge in [0.15, 0.2) is 0 Å². The van der Waals surface area contributed by atoms with Gasteiger partial charge in [0.2, 0.25) is 11.8 Å². The molecular weight excluding hydrogens is 486 g/mol. The maximum atomic E-state index is 13.5. The Hall–Kier alpha value is -2.75. The van der Waals surface area contributed by atoms with Gasteiger partial charge in [-0.15, -0.1) is 0 Å². The molecule has 4 amide bonds. The molecule has 2 fully saturated rings. The summed E-state index contributed by atoms with van der Waals surface area (Å²) < 4.78 is 0. The highest BCUT2D eigenvalue weighted by atomic mass is 35.5. The van der Waals surface area contributed by atoms with Crippen molar-refractivity contribution in [2.45, 2.75) is 31.7 Å². The molecule has 0 saturated carbocycles. The van der Waals surface area contributed by atoms with Crippen LogP contribution in [0, 0.1) is 0 Å². The van der Waals surface area contributed by atoms with Crippen LogP contribution in [-0.2, 0) is 22.7 Å². The summed E-state index contributed by atoms with van der Waals surface area (Å²) in [7, 11) is 1.73. The lowest BCUT2D eigenvalue weighted by Gasteiger charge is -2.54. The van der Waals surface area contributed by atoms with E-state index in [9.17, 15) is 14.4 Å². The summed E-state index contributed by atoms with van der Waals surface area (Å²) >= 11 is 7.80. The minimum Gasteiger partial charge on any atom is -0.333 e. The van der Waals surface area contributed by atoms with Crippen LogP contribution in [0.15, 0.2) is 54.6 Å². The van der Waals surface area contributed by atoms with E-state index < -0.39 is 12.2 Å². The molecule has 0 aromatic heterocycles. The quantitative estimate of drug-likeness (QED) is 0.613. The number of hydrazine groups is 1. The molecule has 186 valence electrons. The standard InChI is InChI=1S/C25H30ClN5O3S/c1-28-17-23(32)30-21(11-12-35-2)24(33)29(15-19-9-6-10-20(26)13-19)16-22(30)31(28)25(34)27-14-18-7-4-3-5-8-18/h3-10,13,21-22H,11-12,14-17H2,1-2H3,(H,27,34). The lowest BCUT2D eigenvalue weighted by molar-refractivity contribution is -0.187. The molecule has 2 aliphatic heterocycles. The maximum absolute atomic E-state index is 13.5. The SMILES string of the molecule is CSCCC1C(=O)N(Cc2cccc(Cl)c2)CC2N1C(=O)CN(C)N2C(=O)NCc1ccccc1.